The summed E-state index contributed by atoms with van der Waals surface area (Å²) in [5, 5.41) is 32.9. The number of aliphatic hydroxyl groups is 2. The Morgan fingerprint density at radius 3 is 2.60 bits per heavy atom. The molecule has 0 radical (unpaired) electrons. The zero-order chi connectivity index (χ0) is 25.2. The number of ether oxygens (including phenoxy) is 2. The number of rotatable bonds is 9. The molecule has 1 aromatic carbocycles. The van der Waals surface area contributed by atoms with Gasteiger partial charge in [-0.2, -0.15) is 10.2 Å². The second-order valence-electron chi connectivity index (χ2n) is 8.38. The SMILES string of the molecule is C[C@H]1O[C@@H](n2c(NCCCS(C)(=O)=O)nc3c(OCc4ccc(C#N)cc4)ncnc32)[C@H](O)[C@@H]1O. The van der Waals surface area contributed by atoms with Gasteiger partial charge in [0.1, 0.15) is 35.0 Å². The van der Waals surface area contributed by atoms with Crippen LogP contribution in [0.25, 0.3) is 11.2 Å². The maximum absolute atomic E-state index is 11.5. The highest BCUT2D eigenvalue weighted by Gasteiger charge is 2.43. The molecular weight excluding hydrogens is 476 g/mol. The van der Waals surface area contributed by atoms with Gasteiger partial charge < -0.3 is 25.0 Å². The molecule has 0 bridgehead atoms. The summed E-state index contributed by atoms with van der Waals surface area (Å²) in [6, 6.07) is 8.98. The molecule has 2 aromatic heterocycles. The van der Waals surface area contributed by atoms with Crippen LogP contribution in [0.1, 0.15) is 30.7 Å². The van der Waals surface area contributed by atoms with E-state index in [0.29, 0.717) is 23.1 Å². The van der Waals surface area contributed by atoms with E-state index in [1.807, 2.05) is 0 Å². The van der Waals surface area contributed by atoms with Gasteiger partial charge in [-0.05, 0) is 31.0 Å². The molecule has 3 aromatic rings. The predicted molar refractivity (Wildman–Crippen MR) is 125 cm³/mol. The number of hydrogen-bond acceptors (Lipinski definition) is 11. The monoisotopic (exact) mass is 502 g/mol. The van der Waals surface area contributed by atoms with Gasteiger partial charge in [-0.3, -0.25) is 4.57 Å². The smallest absolute Gasteiger partial charge is 0.245 e. The Morgan fingerprint density at radius 2 is 1.97 bits per heavy atom. The van der Waals surface area contributed by atoms with Crippen molar-refractivity contribution in [1.82, 2.24) is 19.5 Å². The van der Waals surface area contributed by atoms with Crippen molar-refractivity contribution in [2.24, 2.45) is 0 Å². The Bertz CT molecular complexity index is 1340. The number of nitrogens with one attached hydrogen (secondary N) is 1. The van der Waals surface area contributed by atoms with Gasteiger partial charge in [0.05, 0.1) is 23.5 Å². The first-order chi connectivity index (χ1) is 16.7. The largest absolute Gasteiger partial charge is 0.471 e. The topological polar surface area (TPSA) is 172 Å². The Balaban J connectivity index is 1.64. The summed E-state index contributed by atoms with van der Waals surface area (Å²) in [7, 11) is -3.12. The maximum Gasteiger partial charge on any atom is 0.245 e. The number of sulfone groups is 1. The molecule has 3 N–H and O–H groups in total. The van der Waals surface area contributed by atoms with Crippen LogP contribution in [0.3, 0.4) is 0 Å². The molecule has 35 heavy (non-hydrogen) atoms. The van der Waals surface area contributed by atoms with E-state index < -0.39 is 34.4 Å². The van der Waals surface area contributed by atoms with Crippen LogP contribution in [-0.4, -0.2) is 75.0 Å². The Morgan fingerprint density at radius 1 is 1.23 bits per heavy atom. The van der Waals surface area contributed by atoms with Crippen LogP contribution in [0.4, 0.5) is 5.95 Å². The van der Waals surface area contributed by atoms with Crippen molar-refractivity contribution in [3.8, 4) is 11.9 Å². The van der Waals surface area contributed by atoms with E-state index in [1.54, 1.807) is 31.2 Å². The Hall–Kier alpha value is -3.31. The van der Waals surface area contributed by atoms with Crippen LogP contribution in [0.2, 0.25) is 0 Å². The van der Waals surface area contributed by atoms with Crippen LogP contribution >= 0.6 is 0 Å². The number of benzene rings is 1. The molecule has 4 rings (SSSR count). The second-order valence-corrected chi connectivity index (χ2v) is 10.6. The highest BCUT2D eigenvalue weighted by atomic mass is 32.2. The van der Waals surface area contributed by atoms with Crippen LogP contribution in [0.5, 0.6) is 5.88 Å². The molecule has 186 valence electrons. The molecular formula is C22H26N6O6S. The molecule has 4 atom stereocenters. The standard InChI is InChI=1S/C22H26N6O6S/c1-13-17(29)18(30)21(34-13)28-19-16(27-22(28)24-8-3-9-35(2,31)32)20(26-12-25-19)33-11-15-6-4-14(10-23)5-7-15/h4-7,12-13,17-18,21,29-30H,3,8-9,11H2,1-2H3,(H,24,27)/t13-,17-,18-,21-/m1/s1. The lowest BCUT2D eigenvalue weighted by molar-refractivity contribution is -0.0287. The fourth-order valence-corrected chi connectivity index (χ4v) is 4.43. The molecule has 0 unspecified atom stereocenters. The summed E-state index contributed by atoms with van der Waals surface area (Å²) in [6.45, 7) is 2.10. The third-order valence-corrected chi connectivity index (χ3v) is 6.64. The Labute approximate surface area is 202 Å². The van der Waals surface area contributed by atoms with Gasteiger partial charge in [-0.15, -0.1) is 0 Å². The minimum absolute atomic E-state index is 0.00269. The van der Waals surface area contributed by atoms with Crippen molar-refractivity contribution >= 4 is 26.9 Å². The highest BCUT2D eigenvalue weighted by molar-refractivity contribution is 7.90. The molecule has 1 saturated heterocycles. The van der Waals surface area contributed by atoms with Crippen molar-refractivity contribution in [3.05, 3.63) is 41.7 Å². The zero-order valence-corrected chi connectivity index (χ0v) is 20.0. The van der Waals surface area contributed by atoms with Crippen LogP contribution < -0.4 is 10.1 Å². The van der Waals surface area contributed by atoms with E-state index >= 15 is 0 Å². The molecule has 1 aliphatic heterocycles. The summed E-state index contributed by atoms with van der Waals surface area (Å²) < 4.78 is 36.1. The lowest BCUT2D eigenvalue weighted by Crippen LogP contribution is -2.31. The second kappa shape index (κ2) is 10.1. The average Bonchev–Trinajstić information content (AvgIpc) is 3.32. The third kappa shape index (κ3) is 5.51. The molecule has 12 nitrogen and oxygen atoms in total. The van der Waals surface area contributed by atoms with Gasteiger partial charge in [-0.1, -0.05) is 12.1 Å². The maximum atomic E-state index is 11.5. The molecule has 0 amide bonds. The van der Waals surface area contributed by atoms with Gasteiger partial charge >= 0.3 is 0 Å². The zero-order valence-electron chi connectivity index (χ0n) is 19.2. The van der Waals surface area contributed by atoms with Gasteiger partial charge in [0, 0.05) is 12.8 Å². The van der Waals surface area contributed by atoms with Crippen LogP contribution in [0.15, 0.2) is 30.6 Å². The van der Waals surface area contributed by atoms with Crippen LogP contribution in [-0.2, 0) is 21.2 Å². The average molecular weight is 503 g/mol. The molecule has 0 spiro atoms. The van der Waals surface area contributed by atoms with Crippen molar-refractivity contribution in [2.45, 2.75) is 44.5 Å². The van der Waals surface area contributed by atoms with Gasteiger partial charge in [0.15, 0.2) is 17.4 Å². The minimum atomic E-state index is -3.12. The van der Waals surface area contributed by atoms with Crippen molar-refractivity contribution in [1.29, 1.82) is 5.26 Å². The molecule has 0 saturated carbocycles. The highest BCUT2D eigenvalue weighted by Crippen LogP contribution is 2.35. The van der Waals surface area contributed by atoms with Crippen molar-refractivity contribution in [3.63, 3.8) is 0 Å². The third-order valence-electron chi connectivity index (χ3n) is 5.61. The van der Waals surface area contributed by atoms with Crippen molar-refractivity contribution in [2.75, 3.05) is 23.9 Å². The normalized spacial score (nSPS) is 22.3. The van der Waals surface area contributed by atoms with E-state index in [4.69, 9.17) is 14.7 Å². The summed E-state index contributed by atoms with van der Waals surface area (Å²) in [6.07, 6.45) is -1.16. The lowest BCUT2D eigenvalue weighted by Gasteiger charge is -2.19. The first-order valence-electron chi connectivity index (χ1n) is 11.0. The molecule has 1 aliphatic rings. The number of hydrogen-bond donors (Lipinski definition) is 3. The van der Waals surface area contributed by atoms with E-state index in [-0.39, 0.29) is 30.7 Å². The number of imidazole rings is 1. The molecule has 1 fully saturated rings. The first kappa shape index (κ1) is 24.8. The van der Waals surface area contributed by atoms with E-state index in [9.17, 15) is 18.6 Å². The minimum Gasteiger partial charge on any atom is -0.471 e. The molecule has 0 aliphatic carbocycles. The predicted octanol–water partition coefficient (Wildman–Crippen LogP) is 0.763. The summed E-state index contributed by atoms with van der Waals surface area (Å²) in [4.78, 5) is 13.0. The summed E-state index contributed by atoms with van der Waals surface area (Å²) >= 11 is 0. The van der Waals surface area contributed by atoms with Crippen LogP contribution in [0, 0.1) is 11.3 Å². The Kier molecular flexibility index (Phi) is 7.18. The number of anilines is 1. The van der Waals surface area contributed by atoms with E-state index in [1.165, 1.54) is 17.2 Å². The first-order valence-corrected chi connectivity index (χ1v) is 13.0. The molecule has 13 heteroatoms. The fourth-order valence-electron chi connectivity index (χ4n) is 3.76. The molecule has 3 heterocycles. The number of nitrogens with zero attached hydrogens (tertiary/aromatic N) is 5. The van der Waals surface area contributed by atoms with Gasteiger partial charge in [0.2, 0.25) is 11.8 Å². The quantitative estimate of drug-likeness (QED) is 0.353. The number of fused-ring (bicyclic) bond motifs is 1. The number of nitriles is 1. The van der Waals surface area contributed by atoms with Crippen molar-refractivity contribution < 1.29 is 28.1 Å². The summed E-state index contributed by atoms with van der Waals surface area (Å²) in [5.41, 5.74) is 1.97. The van der Waals surface area contributed by atoms with Gasteiger partial charge in [0.25, 0.3) is 0 Å². The van der Waals surface area contributed by atoms with Gasteiger partial charge in [-0.25, -0.2) is 18.4 Å². The van der Waals surface area contributed by atoms with E-state index in [2.05, 4.69) is 26.3 Å². The number of aromatic nitrogens is 4. The number of aliphatic hydroxyl groups excluding tert-OH is 2. The van der Waals surface area contributed by atoms with E-state index in [0.717, 1.165) is 5.56 Å². The fraction of sp³-hybridized carbons (Fsp3) is 0.455. The summed E-state index contributed by atoms with van der Waals surface area (Å²) in [5.74, 6) is 0.457. The lowest BCUT2D eigenvalue weighted by atomic mass is 10.1.